The molecule has 0 aliphatic rings. The van der Waals surface area contributed by atoms with Gasteiger partial charge in [-0.05, 0) is 35.6 Å². The summed E-state index contributed by atoms with van der Waals surface area (Å²) < 4.78 is 0. The monoisotopic (exact) mass is 204 g/mol. The van der Waals surface area contributed by atoms with Gasteiger partial charge in [0.25, 0.3) is 0 Å². The Morgan fingerprint density at radius 2 is 2.29 bits per heavy atom. The fourth-order valence-electron chi connectivity index (χ4n) is 1.34. The van der Waals surface area contributed by atoms with Crippen LogP contribution >= 0.6 is 11.3 Å². The summed E-state index contributed by atoms with van der Waals surface area (Å²) >= 11 is 1.77. The predicted octanol–water partition coefficient (Wildman–Crippen LogP) is 2.62. The van der Waals surface area contributed by atoms with Crippen LogP contribution in [-0.2, 0) is 6.42 Å². The van der Waals surface area contributed by atoms with E-state index in [-0.39, 0.29) is 0 Å². The van der Waals surface area contributed by atoms with Crippen molar-refractivity contribution in [2.75, 3.05) is 5.73 Å². The van der Waals surface area contributed by atoms with Gasteiger partial charge in [0.1, 0.15) is 0 Å². The number of hydrogen-bond donors (Lipinski definition) is 1. The van der Waals surface area contributed by atoms with Crippen molar-refractivity contribution in [3.63, 3.8) is 0 Å². The van der Waals surface area contributed by atoms with Crippen LogP contribution in [0.4, 0.5) is 5.69 Å². The average Bonchev–Trinajstić information content (AvgIpc) is 2.56. The highest BCUT2D eigenvalue weighted by Crippen LogP contribution is 2.21. The van der Waals surface area contributed by atoms with Crippen molar-refractivity contribution in [1.82, 2.24) is 4.98 Å². The summed E-state index contributed by atoms with van der Waals surface area (Å²) in [6.07, 6.45) is 4.46. The topological polar surface area (TPSA) is 38.9 Å². The number of nitrogens with two attached hydrogens (primary N) is 1. The molecule has 0 saturated heterocycles. The van der Waals surface area contributed by atoms with Crippen LogP contribution in [0.1, 0.15) is 16.0 Å². The molecule has 0 bridgehead atoms. The molecule has 0 atom stereocenters. The fourth-order valence-corrected chi connectivity index (χ4v) is 2.27. The van der Waals surface area contributed by atoms with Crippen LogP contribution in [0.25, 0.3) is 0 Å². The maximum absolute atomic E-state index is 5.85. The van der Waals surface area contributed by atoms with Crippen LogP contribution in [0.15, 0.2) is 29.9 Å². The van der Waals surface area contributed by atoms with Crippen molar-refractivity contribution in [3.05, 3.63) is 45.9 Å². The molecule has 0 aliphatic carbocycles. The molecule has 0 aromatic carbocycles. The van der Waals surface area contributed by atoms with Crippen molar-refractivity contribution in [2.24, 2.45) is 0 Å². The fraction of sp³-hybridized carbons (Fsp3) is 0.182. The molecule has 72 valence electrons. The molecule has 0 aliphatic heterocycles. The molecule has 0 spiro atoms. The number of thiophene rings is 1. The Labute approximate surface area is 87.4 Å². The number of rotatable bonds is 2. The average molecular weight is 204 g/mol. The zero-order chi connectivity index (χ0) is 9.97. The van der Waals surface area contributed by atoms with Crippen molar-refractivity contribution in [2.45, 2.75) is 13.3 Å². The van der Waals surface area contributed by atoms with Gasteiger partial charge in [-0.15, -0.1) is 11.3 Å². The lowest BCUT2D eigenvalue weighted by molar-refractivity contribution is 1.16. The van der Waals surface area contributed by atoms with E-state index in [4.69, 9.17) is 5.73 Å². The van der Waals surface area contributed by atoms with E-state index in [1.807, 2.05) is 12.3 Å². The van der Waals surface area contributed by atoms with E-state index in [9.17, 15) is 0 Å². The minimum Gasteiger partial charge on any atom is -0.398 e. The first-order valence-electron chi connectivity index (χ1n) is 4.48. The molecular weight excluding hydrogens is 192 g/mol. The Morgan fingerprint density at radius 1 is 1.43 bits per heavy atom. The Morgan fingerprint density at radius 3 is 2.93 bits per heavy atom. The van der Waals surface area contributed by atoms with Gasteiger partial charge >= 0.3 is 0 Å². The second kappa shape index (κ2) is 3.80. The highest BCUT2D eigenvalue weighted by Gasteiger charge is 2.04. The first-order valence-corrected chi connectivity index (χ1v) is 5.36. The van der Waals surface area contributed by atoms with Crippen LogP contribution in [0.2, 0.25) is 0 Å². The van der Waals surface area contributed by atoms with Gasteiger partial charge in [-0.25, -0.2) is 0 Å². The van der Waals surface area contributed by atoms with E-state index in [1.54, 1.807) is 17.5 Å². The number of aromatic nitrogens is 1. The smallest absolute Gasteiger partial charge is 0.0381 e. The molecule has 0 saturated carbocycles. The number of nitrogens with zero attached hydrogens (tertiary/aromatic N) is 1. The minimum atomic E-state index is 0.827. The largest absolute Gasteiger partial charge is 0.398 e. The van der Waals surface area contributed by atoms with Crippen LogP contribution in [-0.4, -0.2) is 4.98 Å². The van der Waals surface area contributed by atoms with Gasteiger partial charge in [0, 0.05) is 29.4 Å². The van der Waals surface area contributed by atoms with Crippen LogP contribution in [0.5, 0.6) is 0 Å². The minimum absolute atomic E-state index is 0.827. The number of hydrogen-bond acceptors (Lipinski definition) is 3. The van der Waals surface area contributed by atoms with Gasteiger partial charge in [-0.1, -0.05) is 0 Å². The van der Waals surface area contributed by atoms with Gasteiger partial charge in [0.05, 0.1) is 0 Å². The second-order valence-corrected chi connectivity index (χ2v) is 4.28. The third-order valence-corrected chi connectivity index (χ3v) is 3.28. The lowest BCUT2D eigenvalue weighted by atomic mass is 10.1. The number of anilines is 1. The second-order valence-electron chi connectivity index (χ2n) is 3.28. The third-order valence-electron chi connectivity index (χ3n) is 2.26. The molecule has 0 unspecified atom stereocenters. The summed E-state index contributed by atoms with van der Waals surface area (Å²) in [7, 11) is 0. The first-order chi connectivity index (χ1) is 6.77. The molecule has 2 rings (SSSR count). The van der Waals surface area contributed by atoms with E-state index in [0.717, 1.165) is 17.7 Å². The summed E-state index contributed by atoms with van der Waals surface area (Å²) in [5, 5.41) is 2.11. The van der Waals surface area contributed by atoms with Gasteiger partial charge < -0.3 is 5.73 Å². The summed E-state index contributed by atoms with van der Waals surface area (Å²) in [6.45, 7) is 2.12. The molecule has 2 N–H and O–H groups in total. The summed E-state index contributed by atoms with van der Waals surface area (Å²) in [5.41, 5.74) is 9.12. The molecule has 0 radical (unpaired) electrons. The van der Waals surface area contributed by atoms with E-state index >= 15 is 0 Å². The standard InChI is InChI=1S/C11H12N2S/c1-8-3-5-14-11(8)6-9-7-13-4-2-10(9)12/h2-5,7H,6H2,1H3,(H2,12,13). The van der Waals surface area contributed by atoms with Crippen molar-refractivity contribution in [1.29, 1.82) is 0 Å². The van der Waals surface area contributed by atoms with Crippen molar-refractivity contribution in [3.8, 4) is 0 Å². The third kappa shape index (κ3) is 1.77. The van der Waals surface area contributed by atoms with Crippen LogP contribution in [0, 0.1) is 6.92 Å². The molecule has 3 heteroatoms. The zero-order valence-electron chi connectivity index (χ0n) is 8.03. The summed E-state index contributed by atoms with van der Waals surface area (Å²) in [4.78, 5) is 5.45. The Bertz CT molecular complexity index is 434. The van der Waals surface area contributed by atoms with Crippen LogP contribution < -0.4 is 5.73 Å². The quantitative estimate of drug-likeness (QED) is 0.816. The van der Waals surface area contributed by atoms with E-state index in [2.05, 4.69) is 23.4 Å². The first kappa shape index (κ1) is 9.21. The van der Waals surface area contributed by atoms with E-state index in [1.165, 1.54) is 10.4 Å². The molecule has 2 nitrogen and oxygen atoms in total. The highest BCUT2D eigenvalue weighted by molar-refractivity contribution is 7.10. The van der Waals surface area contributed by atoms with E-state index < -0.39 is 0 Å². The molecular formula is C11H12N2S. The lowest BCUT2D eigenvalue weighted by Crippen LogP contribution is -1.95. The molecule has 14 heavy (non-hydrogen) atoms. The maximum atomic E-state index is 5.85. The van der Waals surface area contributed by atoms with Gasteiger partial charge in [0.2, 0.25) is 0 Å². The molecule has 0 fully saturated rings. The molecule has 2 aromatic heterocycles. The molecule has 2 heterocycles. The Balaban J connectivity index is 2.28. The summed E-state index contributed by atoms with van der Waals surface area (Å²) in [5.74, 6) is 0. The normalized spacial score (nSPS) is 10.4. The van der Waals surface area contributed by atoms with E-state index in [0.29, 0.717) is 0 Å². The number of aryl methyl sites for hydroxylation is 1. The van der Waals surface area contributed by atoms with Gasteiger partial charge in [0.15, 0.2) is 0 Å². The zero-order valence-corrected chi connectivity index (χ0v) is 8.84. The Kier molecular flexibility index (Phi) is 2.50. The highest BCUT2D eigenvalue weighted by atomic mass is 32.1. The Hall–Kier alpha value is -1.35. The number of nitrogen functional groups attached to an aromatic ring is 1. The van der Waals surface area contributed by atoms with Gasteiger partial charge in [-0.2, -0.15) is 0 Å². The lowest BCUT2D eigenvalue weighted by Gasteiger charge is -2.03. The van der Waals surface area contributed by atoms with Crippen molar-refractivity contribution < 1.29 is 0 Å². The molecule has 0 amide bonds. The maximum Gasteiger partial charge on any atom is 0.0381 e. The summed E-state index contributed by atoms with van der Waals surface area (Å²) in [6, 6.07) is 3.98. The molecule has 2 aromatic rings. The van der Waals surface area contributed by atoms with Crippen molar-refractivity contribution >= 4 is 17.0 Å². The predicted molar refractivity (Wildman–Crippen MR) is 60.5 cm³/mol. The SMILES string of the molecule is Cc1ccsc1Cc1cnccc1N. The van der Waals surface area contributed by atoms with Crippen LogP contribution in [0.3, 0.4) is 0 Å². The number of pyridine rings is 1. The van der Waals surface area contributed by atoms with Gasteiger partial charge in [-0.3, -0.25) is 4.98 Å².